The Balaban J connectivity index is 1.22. The molecule has 0 atom stereocenters. The van der Waals surface area contributed by atoms with Crippen LogP contribution in [-0.2, 0) is 0 Å². The second kappa shape index (κ2) is 10.1. The van der Waals surface area contributed by atoms with Crippen LogP contribution in [0, 0.1) is 6.92 Å². The number of amides is 1. The van der Waals surface area contributed by atoms with E-state index in [1.807, 2.05) is 30.3 Å². The van der Waals surface area contributed by atoms with E-state index < -0.39 is 0 Å². The smallest absolute Gasteiger partial charge is 0.316 e. The molecule has 0 N–H and O–H groups in total. The highest BCUT2D eigenvalue weighted by Crippen LogP contribution is 2.26. The number of aryl methyl sites for hydroxylation is 1. The average Bonchev–Trinajstić information content (AvgIpc) is 3.21. The van der Waals surface area contributed by atoms with E-state index in [9.17, 15) is 4.79 Å². The molecule has 2 saturated heterocycles. The quantitative estimate of drug-likeness (QED) is 0.522. The summed E-state index contributed by atoms with van der Waals surface area (Å²) in [5.74, 6) is 0.264. The first-order valence-corrected chi connectivity index (χ1v) is 12.5. The van der Waals surface area contributed by atoms with Gasteiger partial charge in [0.05, 0.1) is 0 Å². The van der Waals surface area contributed by atoms with Gasteiger partial charge in [0.1, 0.15) is 0 Å². The number of carbonyl (C=O) groups excluding carboxylic acids is 1. The lowest BCUT2D eigenvalue weighted by Crippen LogP contribution is -2.49. The van der Waals surface area contributed by atoms with Crippen molar-refractivity contribution >= 4 is 28.9 Å². The van der Waals surface area contributed by atoms with Crippen LogP contribution in [0.2, 0.25) is 5.02 Å². The minimum Gasteiger partial charge on any atom is -0.372 e. The van der Waals surface area contributed by atoms with Crippen LogP contribution >= 0.6 is 11.6 Å². The Labute approximate surface area is 205 Å². The summed E-state index contributed by atoms with van der Waals surface area (Å²) >= 11 is 6.18. The maximum atomic E-state index is 13.0. The first-order chi connectivity index (χ1) is 16.6. The fourth-order valence-electron chi connectivity index (χ4n) is 4.79. The van der Waals surface area contributed by atoms with Crippen molar-refractivity contribution in [1.29, 1.82) is 0 Å². The third kappa shape index (κ3) is 4.89. The summed E-state index contributed by atoms with van der Waals surface area (Å²) in [6.45, 7) is 6.91. The summed E-state index contributed by atoms with van der Waals surface area (Å²) < 4.78 is 5.35. The van der Waals surface area contributed by atoms with Crippen molar-refractivity contribution in [3.05, 3.63) is 58.9 Å². The van der Waals surface area contributed by atoms with Gasteiger partial charge in [0.2, 0.25) is 5.82 Å². The lowest BCUT2D eigenvalue weighted by Gasteiger charge is -2.36. The molecule has 2 aliphatic heterocycles. The Hall–Kier alpha value is -3.06. The molecule has 3 heterocycles. The Morgan fingerprint density at radius 2 is 1.59 bits per heavy atom. The maximum Gasteiger partial charge on any atom is 0.316 e. The lowest BCUT2D eigenvalue weighted by molar-refractivity contribution is 0.0696. The maximum absolute atomic E-state index is 13.0. The van der Waals surface area contributed by atoms with Crippen LogP contribution in [0.4, 0.5) is 11.4 Å². The number of piperazine rings is 1. The molecule has 1 amide bonds. The van der Waals surface area contributed by atoms with Crippen molar-refractivity contribution in [3.8, 4) is 11.4 Å². The monoisotopic (exact) mass is 479 g/mol. The molecule has 2 aliphatic rings. The van der Waals surface area contributed by atoms with Crippen LogP contribution in [0.15, 0.2) is 47.0 Å². The minimum atomic E-state index is -0.220. The van der Waals surface area contributed by atoms with Crippen molar-refractivity contribution in [1.82, 2.24) is 15.0 Å². The Morgan fingerprint density at radius 3 is 2.29 bits per heavy atom. The molecule has 178 valence electrons. The molecular weight excluding hydrogens is 450 g/mol. The fourth-order valence-corrected chi connectivity index (χ4v) is 4.95. The van der Waals surface area contributed by atoms with Crippen molar-refractivity contribution in [2.45, 2.75) is 32.6 Å². The van der Waals surface area contributed by atoms with Crippen molar-refractivity contribution in [2.24, 2.45) is 0 Å². The average molecular weight is 480 g/mol. The Morgan fingerprint density at radius 1 is 0.882 bits per heavy atom. The SMILES string of the molecule is Cc1ccc(Cl)cc1N1CCN(C(=O)c2nc(-c3ccc(N4CCCCCC4)cc3)no2)CC1. The third-order valence-corrected chi connectivity index (χ3v) is 7.02. The Bertz CT molecular complexity index is 1130. The molecule has 2 aromatic carbocycles. The molecule has 0 bridgehead atoms. The predicted octanol–water partition coefficient (Wildman–Crippen LogP) is 5.04. The molecule has 2 fully saturated rings. The van der Waals surface area contributed by atoms with Crippen LogP contribution in [-0.4, -0.2) is 60.2 Å². The van der Waals surface area contributed by atoms with Crippen LogP contribution in [0.3, 0.4) is 0 Å². The molecule has 0 radical (unpaired) electrons. The van der Waals surface area contributed by atoms with Crippen molar-refractivity contribution in [3.63, 3.8) is 0 Å². The number of anilines is 2. The number of hydrogen-bond acceptors (Lipinski definition) is 6. The van der Waals surface area contributed by atoms with E-state index in [1.54, 1.807) is 4.90 Å². The van der Waals surface area contributed by atoms with Gasteiger partial charge < -0.3 is 19.2 Å². The number of benzene rings is 2. The van der Waals surface area contributed by atoms with Crippen molar-refractivity contribution in [2.75, 3.05) is 49.1 Å². The number of nitrogens with zero attached hydrogens (tertiary/aromatic N) is 5. The molecule has 3 aromatic rings. The zero-order chi connectivity index (χ0) is 23.5. The number of aromatic nitrogens is 2. The minimum absolute atomic E-state index is 0.0407. The van der Waals surface area contributed by atoms with Gasteiger partial charge in [0.15, 0.2) is 0 Å². The van der Waals surface area contributed by atoms with E-state index in [0.717, 1.165) is 42.5 Å². The van der Waals surface area contributed by atoms with Gasteiger partial charge in [0, 0.05) is 61.2 Å². The topological polar surface area (TPSA) is 65.7 Å². The first-order valence-electron chi connectivity index (χ1n) is 12.1. The molecule has 7 nitrogen and oxygen atoms in total. The first kappa shape index (κ1) is 22.7. The zero-order valence-corrected chi connectivity index (χ0v) is 20.3. The zero-order valence-electron chi connectivity index (χ0n) is 19.5. The van der Waals surface area contributed by atoms with Crippen LogP contribution in [0.25, 0.3) is 11.4 Å². The van der Waals surface area contributed by atoms with Crippen LogP contribution in [0.5, 0.6) is 0 Å². The highest BCUT2D eigenvalue weighted by Gasteiger charge is 2.27. The van der Waals surface area contributed by atoms with Crippen LogP contribution < -0.4 is 9.80 Å². The van der Waals surface area contributed by atoms with Gasteiger partial charge in [-0.15, -0.1) is 0 Å². The second-order valence-corrected chi connectivity index (χ2v) is 9.52. The molecule has 0 unspecified atom stereocenters. The largest absolute Gasteiger partial charge is 0.372 e. The molecule has 34 heavy (non-hydrogen) atoms. The number of carbonyl (C=O) groups is 1. The summed E-state index contributed by atoms with van der Waals surface area (Å²) in [6, 6.07) is 14.1. The van der Waals surface area contributed by atoms with Crippen LogP contribution in [0.1, 0.15) is 41.9 Å². The molecule has 8 heteroatoms. The second-order valence-electron chi connectivity index (χ2n) is 9.08. The highest BCUT2D eigenvalue weighted by molar-refractivity contribution is 6.30. The Kier molecular flexibility index (Phi) is 6.72. The van der Waals surface area contributed by atoms with Gasteiger partial charge in [-0.25, -0.2) is 0 Å². The van der Waals surface area contributed by atoms with Crippen molar-refractivity contribution < 1.29 is 9.32 Å². The normalized spacial score (nSPS) is 17.1. The summed E-state index contributed by atoms with van der Waals surface area (Å²) in [7, 11) is 0. The summed E-state index contributed by atoms with van der Waals surface area (Å²) in [5.41, 5.74) is 4.36. The molecule has 1 aromatic heterocycles. The van der Waals surface area contributed by atoms with E-state index >= 15 is 0 Å². The summed E-state index contributed by atoms with van der Waals surface area (Å²) in [4.78, 5) is 23.9. The van der Waals surface area contributed by atoms with E-state index in [-0.39, 0.29) is 11.8 Å². The van der Waals surface area contributed by atoms with E-state index in [4.69, 9.17) is 16.1 Å². The van der Waals surface area contributed by atoms with Gasteiger partial charge in [-0.2, -0.15) is 4.98 Å². The fraction of sp³-hybridized carbons (Fsp3) is 0.423. The number of hydrogen-bond donors (Lipinski definition) is 0. The van der Waals surface area contributed by atoms with Gasteiger partial charge >= 0.3 is 11.8 Å². The molecule has 5 rings (SSSR count). The molecular formula is C26H30ClN5O2. The van der Waals surface area contributed by atoms with Gasteiger partial charge in [-0.1, -0.05) is 35.7 Å². The van der Waals surface area contributed by atoms with E-state index in [1.165, 1.54) is 36.9 Å². The standard InChI is InChI=1S/C26H30ClN5O2/c1-19-6-9-21(27)18-23(19)31-14-16-32(17-15-31)26(33)25-28-24(29-34-25)20-7-10-22(11-8-20)30-12-4-2-3-5-13-30/h6-11,18H,2-5,12-17H2,1H3. The van der Waals surface area contributed by atoms with Gasteiger partial charge in [-0.05, 0) is 61.7 Å². The van der Waals surface area contributed by atoms with Gasteiger partial charge in [0.25, 0.3) is 0 Å². The molecule has 0 aliphatic carbocycles. The number of halogens is 1. The summed E-state index contributed by atoms with van der Waals surface area (Å²) in [6.07, 6.45) is 5.10. The van der Waals surface area contributed by atoms with E-state index in [2.05, 4.69) is 39.0 Å². The molecule has 0 spiro atoms. The van der Waals surface area contributed by atoms with E-state index in [0.29, 0.717) is 18.9 Å². The molecule has 0 saturated carbocycles. The van der Waals surface area contributed by atoms with Gasteiger partial charge in [-0.3, -0.25) is 4.79 Å². The number of rotatable bonds is 4. The lowest BCUT2D eigenvalue weighted by atomic mass is 10.1. The summed E-state index contributed by atoms with van der Waals surface area (Å²) in [5, 5.41) is 4.79. The highest BCUT2D eigenvalue weighted by atomic mass is 35.5. The predicted molar refractivity (Wildman–Crippen MR) is 135 cm³/mol. The third-order valence-electron chi connectivity index (χ3n) is 6.78.